The second-order valence-corrected chi connectivity index (χ2v) is 8.05. The van der Waals surface area contributed by atoms with Crippen LogP contribution >= 0.6 is 27.5 Å². The number of ether oxygens (including phenoxy) is 2. The molecule has 0 atom stereocenters. The molecule has 1 N–H and O–H groups in total. The molecule has 0 spiro atoms. The van der Waals surface area contributed by atoms with E-state index in [0.717, 1.165) is 61.6 Å². The SMILES string of the molecule is Fc1cccc(Cl)c1COc1ccc(Br)cc1CNCCCN1CCOCC1. The first-order chi connectivity index (χ1) is 13.6. The fourth-order valence-electron chi connectivity index (χ4n) is 3.12. The van der Waals surface area contributed by atoms with Gasteiger partial charge in [0, 0.05) is 35.2 Å². The average Bonchev–Trinajstić information content (AvgIpc) is 2.69. The molecular weight excluding hydrogens is 447 g/mol. The number of nitrogens with one attached hydrogen (secondary N) is 1. The van der Waals surface area contributed by atoms with Crippen LogP contribution in [0.5, 0.6) is 5.75 Å². The lowest BCUT2D eigenvalue weighted by Gasteiger charge is -2.26. The fourth-order valence-corrected chi connectivity index (χ4v) is 3.75. The molecule has 0 bridgehead atoms. The Morgan fingerprint density at radius 1 is 1.21 bits per heavy atom. The van der Waals surface area contributed by atoms with Gasteiger partial charge in [0.05, 0.1) is 18.2 Å². The Labute approximate surface area is 179 Å². The molecule has 4 nitrogen and oxygen atoms in total. The van der Waals surface area contributed by atoms with Gasteiger partial charge in [-0.2, -0.15) is 0 Å². The molecule has 2 aromatic rings. The van der Waals surface area contributed by atoms with E-state index in [4.69, 9.17) is 21.1 Å². The van der Waals surface area contributed by atoms with Crippen LogP contribution < -0.4 is 10.1 Å². The van der Waals surface area contributed by atoms with Gasteiger partial charge in [-0.05, 0) is 49.8 Å². The van der Waals surface area contributed by atoms with Crippen LogP contribution in [0.1, 0.15) is 17.5 Å². The molecule has 1 aliphatic heterocycles. The van der Waals surface area contributed by atoms with Crippen molar-refractivity contribution < 1.29 is 13.9 Å². The minimum Gasteiger partial charge on any atom is -0.488 e. The van der Waals surface area contributed by atoms with Crippen molar-refractivity contribution in [1.29, 1.82) is 0 Å². The van der Waals surface area contributed by atoms with Crippen molar-refractivity contribution in [3.8, 4) is 5.75 Å². The van der Waals surface area contributed by atoms with E-state index in [1.165, 1.54) is 6.07 Å². The second kappa shape index (κ2) is 11.1. The molecule has 0 aliphatic carbocycles. The van der Waals surface area contributed by atoms with Gasteiger partial charge in [-0.3, -0.25) is 4.90 Å². The molecule has 28 heavy (non-hydrogen) atoms. The fraction of sp³-hybridized carbons (Fsp3) is 0.429. The van der Waals surface area contributed by atoms with E-state index in [9.17, 15) is 4.39 Å². The Morgan fingerprint density at radius 2 is 2.04 bits per heavy atom. The second-order valence-electron chi connectivity index (χ2n) is 6.73. The van der Waals surface area contributed by atoms with E-state index in [2.05, 4.69) is 26.1 Å². The molecule has 1 saturated heterocycles. The van der Waals surface area contributed by atoms with Crippen LogP contribution in [0.2, 0.25) is 5.02 Å². The van der Waals surface area contributed by atoms with Crippen molar-refractivity contribution in [1.82, 2.24) is 10.2 Å². The Morgan fingerprint density at radius 3 is 2.82 bits per heavy atom. The van der Waals surface area contributed by atoms with Crippen LogP contribution in [0.25, 0.3) is 0 Å². The molecule has 0 saturated carbocycles. The van der Waals surface area contributed by atoms with Crippen LogP contribution in [0, 0.1) is 5.82 Å². The van der Waals surface area contributed by atoms with Crippen molar-refractivity contribution in [3.63, 3.8) is 0 Å². The highest BCUT2D eigenvalue weighted by Crippen LogP contribution is 2.26. The zero-order chi connectivity index (χ0) is 19.8. The Balaban J connectivity index is 1.50. The topological polar surface area (TPSA) is 33.7 Å². The maximum atomic E-state index is 14.0. The smallest absolute Gasteiger partial charge is 0.131 e. The lowest BCUT2D eigenvalue weighted by Crippen LogP contribution is -2.37. The predicted octanol–water partition coefficient (Wildman–Crippen LogP) is 4.63. The molecule has 1 heterocycles. The third kappa shape index (κ3) is 6.42. The van der Waals surface area contributed by atoms with Crippen LogP contribution in [0.15, 0.2) is 40.9 Å². The maximum Gasteiger partial charge on any atom is 0.131 e. The van der Waals surface area contributed by atoms with Gasteiger partial charge in [0.25, 0.3) is 0 Å². The van der Waals surface area contributed by atoms with Gasteiger partial charge in [-0.15, -0.1) is 0 Å². The summed E-state index contributed by atoms with van der Waals surface area (Å²) in [4.78, 5) is 2.43. The lowest BCUT2D eigenvalue weighted by atomic mass is 10.2. The number of hydrogen-bond donors (Lipinski definition) is 1. The largest absolute Gasteiger partial charge is 0.488 e. The van der Waals surface area contributed by atoms with E-state index in [1.54, 1.807) is 12.1 Å². The van der Waals surface area contributed by atoms with Gasteiger partial charge >= 0.3 is 0 Å². The van der Waals surface area contributed by atoms with Gasteiger partial charge in [-0.1, -0.05) is 33.6 Å². The van der Waals surface area contributed by atoms with Gasteiger partial charge in [0.15, 0.2) is 0 Å². The Hall–Kier alpha value is -1.18. The standard InChI is InChI=1S/C21H25BrClFN2O2/c22-17-5-6-21(28-15-18-19(23)3-1-4-20(18)24)16(13-17)14-25-7-2-8-26-9-11-27-12-10-26/h1,3-6,13,25H,2,7-12,14-15H2. The number of halogens is 3. The zero-order valence-corrected chi connectivity index (χ0v) is 18.1. The summed E-state index contributed by atoms with van der Waals surface area (Å²) in [5.74, 6) is 0.371. The molecule has 0 unspecified atom stereocenters. The van der Waals surface area contributed by atoms with Gasteiger partial charge < -0.3 is 14.8 Å². The quantitative estimate of drug-likeness (QED) is 0.541. The minimum absolute atomic E-state index is 0.0944. The normalized spacial score (nSPS) is 15.0. The summed E-state index contributed by atoms with van der Waals surface area (Å²) in [5.41, 5.74) is 1.39. The van der Waals surface area contributed by atoms with E-state index in [1.807, 2.05) is 18.2 Å². The number of hydrogen-bond acceptors (Lipinski definition) is 4. The average molecular weight is 472 g/mol. The first-order valence-electron chi connectivity index (χ1n) is 9.48. The summed E-state index contributed by atoms with van der Waals surface area (Å²) < 4.78 is 26.2. The first-order valence-corrected chi connectivity index (χ1v) is 10.7. The summed E-state index contributed by atoms with van der Waals surface area (Å²) in [7, 11) is 0. The van der Waals surface area contributed by atoms with Crippen LogP contribution in [0.4, 0.5) is 4.39 Å². The van der Waals surface area contributed by atoms with Crippen LogP contribution in [-0.2, 0) is 17.9 Å². The molecule has 0 radical (unpaired) electrons. The van der Waals surface area contributed by atoms with Crippen molar-refractivity contribution in [2.75, 3.05) is 39.4 Å². The Kier molecular flexibility index (Phi) is 8.55. The van der Waals surface area contributed by atoms with Crippen molar-refractivity contribution in [2.24, 2.45) is 0 Å². The van der Waals surface area contributed by atoms with Gasteiger partial charge in [0.2, 0.25) is 0 Å². The summed E-state index contributed by atoms with van der Waals surface area (Å²) in [6.07, 6.45) is 1.08. The number of nitrogens with zero attached hydrogens (tertiary/aromatic N) is 1. The molecule has 1 aliphatic rings. The molecule has 3 rings (SSSR count). The van der Waals surface area contributed by atoms with E-state index in [-0.39, 0.29) is 12.4 Å². The van der Waals surface area contributed by atoms with Gasteiger partial charge in [0.1, 0.15) is 18.2 Å². The Bertz CT molecular complexity index is 752. The van der Waals surface area contributed by atoms with E-state index < -0.39 is 0 Å². The minimum atomic E-state index is -0.354. The maximum absolute atomic E-state index is 14.0. The summed E-state index contributed by atoms with van der Waals surface area (Å²) in [5, 5.41) is 3.85. The highest BCUT2D eigenvalue weighted by molar-refractivity contribution is 9.10. The third-order valence-corrected chi connectivity index (χ3v) is 5.55. The zero-order valence-electron chi connectivity index (χ0n) is 15.7. The molecule has 1 fully saturated rings. The molecule has 0 aromatic heterocycles. The molecule has 7 heteroatoms. The highest BCUT2D eigenvalue weighted by Gasteiger charge is 2.11. The molecule has 0 amide bonds. The summed E-state index contributed by atoms with van der Waals surface area (Å²) >= 11 is 9.60. The molecular formula is C21H25BrClFN2O2. The number of morpholine rings is 1. The van der Waals surface area contributed by atoms with Crippen LogP contribution in [-0.4, -0.2) is 44.3 Å². The summed E-state index contributed by atoms with van der Waals surface area (Å²) in [6.45, 7) is 6.47. The van der Waals surface area contributed by atoms with Gasteiger partial charge in [-0.25, -0.2) is 4.39 Å². The van der Waals surface area contributed by atoms with Crippen LogP contribution in [0.3, 0.4) is 0 Å². The van der Waals surface area contributed by atoms with Crippen molar-refractivity contribution in [3.05, 3.63) is 62.8 Å². The van der Waals surface area contributed by atoms with Crippen molar-refractivity contribution >= 4 is 27.5 Å². The number of rotatable bonds is 9. The van der Waals surface area contributed by atoms with E-state index >= 15 is 0 Å². The predicted molar refractivity (Wildman–Crippen MR) is 113 cm³/mol. The van der Waals surface area contributed by atoms with E-state index in [0.29, 0.717) is 17.1 Å². The first kappa shape index (κ1) is 21.5. The van der Waals surface area contributed by atoms with Crippen molar-refractivity contribution in [2.45, 2.75) is 19.6 Å². The summed E-state index contributed by atoms with van der Waals surface area (Å²) in [6, 6.07) is 10.5. The molecule has 152 valence electrons. The monoisotopic (exact) mass is 470 g/mol. The molecule has 2 aromatic carbocycles. The number of benzene rings is 2. The highest BCUT2D eigenvalue weighted by atomic mass is 79.9. The third-order valence-electron chi connectivity index (χ3n) is 4.70. The lowest BCUT2D eigenvalue weighted by molar-refractivity contribution is 0.0374.